The second-order valence-corrected chi connectivity index (χ2v) is 5.46. The van der Waals surface area contributed by atoms with Crippen LogP contribution in [0.25, 0.3) is 0 Å². The summed E-state index contributed by atoms with van der Waals surface area (Å²) in [7, 11) is 1.83. The lowest BCUT2D eigenvalue weighted by Gasteiger charge is -2.05. The Labute approximate surface area is 124 Å². The number of halogens is 1. The van der Waals surface area contributed by atoms with Gasteiger partial charge in [-0.25, -0.2) is 0 Å². The van der Waals surface area contributed by atoms with Crippen molar-refractivity contribution in [2.75, 3.05) is 0 Å². The minimum Gasteiger partial charge on any atom is -0.294 e. The van der Waals surface area contributed by atoms with Gasteiger partial charge in [-0.2, -0.15) is 5.10 Å². The first-order valence-corrected chi connectivity index (χ1v) is 7.12. The molecule has 3 nitrogen and oxygen atoms in total. The largest absolute Gasteiger partial charge is 0.294 e. The number of rotatable bonds is 4. The first-order chi connectivity index (χ1) is 9.43. The average Bonchev–Trinajstić information content (AvgIpc) is 2.69. The minimum atomic E-state index is 0.0700. The quantitative estimate of drug-likeness (QED) is 0.805. The summed E-state index contributed by atoms with van der Waals surface area (Å²) in [5, 5.41) is 4.96. The molecule has 0 spiro atoms. The summed E-state index contributed by atoms with van der Waals surface area (Å²) in [6.07, 6.45) is 1.05. The van der Waals surface area contributed by atoms with E-state index in [1.54, 1.807) is 4.68 Å². The Balaban J connectivity index is 2.28. The normalized spacial score (nSPS) is 10.8. The van der Waals surface area contributed by atoms with Gasteiger partial charge in [0.1, 0.15) is 0 Å². The van der Waals surface area contributed by atoms with Crippen LogP contribution in [0.1, 0.15) is 39.8 Å². The molecule has 0 amide bonds. The molecule has 2 rings (SSSR count). The third-order valence-corrected chi connectivity index (χ3v) is 4.10. The fourth-order valence-electron chi connectivity index (χ4n) is 2.18. The van der Waals surface area contributed by atoms with Gasteiger partial charge >= 0.3 is 0 Å². The number of ketones is 1. The number of aromatic nitrogens is 2. The maximum atomic E-state index is 12.4. The van der Waals surface area contributed by atoms with Crippen LogP contribution >= 0.6 is 11.6 Å². The summed E-state index contributed by atoms with van der Waals surface area (Å²) in [5.41, 5.74) is 4.67. The van der Waals surface area contributed by atoms with Crippen LogP contribution in [0.15, 0.2) is 18.2 Å². The van der Waals surface area contributed by atoms with Crippen molar-refractivity contribution in [3.05, 3.63) is 51.3 Å². The molecule has 106 valence electrons. The summed E-state index contributed by atoms with van der Waals surface area (Å²) in [5.74, 6) is 0.0700. The summed E-state index contributed by atoms with van der Waals surface area (Å²) >= 11 is 6.28. The number of Topliss-reactive ketones (excluding diaryl/α,β-unsaturated/α-hetero) is 1. The molecule has 0 saturated carbocycles. The smallest absolute Gasteiger partial charge is 0.168 e. The molecule has 0 saturated heterocycles. The summed E-state index contributed by atoms with van der Waals surface area (Å²) in [4.78, 5) is 12.4. The highest BCUT2D eigenvalue weighted by atomic mass is 35.5. The van der Waals surface area contributed by atoms with E-state index in [0.717, 1.165) is 28.9 Å². The van der Waals surface area contributed by atoms with E-state index in [1.807, 2.05) is 46.0 Å². The maximum absolute atomic E-state index is 12.4. The zero-order valence-corrected chi connectivity index (χ0v) is 13.1. The average molecular weight is 291 g/mol. The van der Waals surface area contributed by atoms with Gasteiger partial charge in [0.05, 0.1) is 22.8 Å². The topological polar surface area (TPSA) is 34.9 Å². The molecule has 0 aliphatic carbocycles. The van der Waals surface area contributed by atoms with E-state index >= 15 is 0 Å². The number of aryl methyl sites for hydroxylation is 4. The van der Waals surface area contributed by atoms with Crippen LogP contribution in [-0.2, 0) is 19.9 Å². The molecule has 0 radical (unpaired) electrons. The van der Waals surface area contributed by atoms with Crippen molar-refractivity contribution in [1.29, 1.82) is 0 Å². The summed E-state index contributed by atoms with van der Waals surface area (Å²) in [6, 6.07) is 5.78. The van der Waals surface area contributed by atoms with Gasteiger partial charge in [0.25, 0.3) is 0 Å². The van der Waals surface area contributed by atoms with Gasteiger partial charge < -0.3 is 0 Å². The third-order valence-electron chi connectivity index (χ3n) is 3.66. The van der Waals surface area contributed by atoms with E-state index < -0.39 is 0 Å². The minimum absolute atomic E-state index is 0.0700. The molecular weight excluding hydrogens is 272 g/mol. The predicted molar refractivity (Wildman–Crippen MR) is 81.5 cm³/mol. The molecule has 0 unspecified atom stereocenters. The van der Waals surface area contributed by atoms with Crippen LogP contribution in [0.5, 0.6) is 0 Å². The van der Waals surface area contributed by atoms with E-state index in [2.05, 4.69) is 5.10 Å². The monoisotopic (exact) mass is 290 g/mol. The van der Waals surface area contributed by atoms with Crippen LogP contribution in [0, 0.1) is 13.8 Å². The van der Waals surface area contributed by atoms with Crippen LogP contribution in [0.3, 0.4) is 0 Å². The third kappa shape index (κ3) is 2.78. The molecule has 0 fully saturated rings. The Morgan fingerprint density at radius 1 is 1.30 bits per heavy atom. The number of carbonyl (C=O) groups excluding carboxylic acids is 1. The molecule has 0 atom stereocenters. The highest BCUT2D eigenvalue weighted by Crippen LogP contribution is 2.22. The number of carbonyl (C=O) groups is 1. The van der Waals surface area contributed by atoms with Gasteiger partial charge in [-0.05, 0) is 37.5 Å². The molecule has 2 aromatic rings. The zero-order chi connectivity index (χ0) is 14.9. The lowest BCUT2D eigenvalue weighted by molar-refractivity contribution is 0.0990. The predicted octanol–water partition coefficient (Wildman–Crippen LogP) is 3.68. The van der Waals surface area contributed by atoms with Crippen molar-refractivity contribution in [1.82, 2.24) is 9.78 Å². The lowest BCUT2D eigenvalue weighted by Crippen LogP contribution is -2.08. The van der Waals surface area contributed by atoms with E-state index in [0.29, 0.717) is 5.02 Å². The molecule has 1 aromatic heterocycles. The molecular formula is C16H19ClN2O. The van der Waals surface area contributed by atoms with Crippen LogP contribution < -0.4 is 0 Å². The Morgan fingerprint density at radius 2 is 2.00 bits per heavy atom. The molecule has 0 bridgehead atoms. The molecule has 0 aliphatic rings. The molecule has 20 heavy (non-hydrogen) atoms. The maximum Gasteiger partial charge on any atom is 0.168 e. The lowest BCUT2D eigenvalue weighted by atomic mass is 10.0. The zero-order valence-electron chi connectivity index (χ0n) is 12.3. The van der Waals surface area contributed by atoms with Gasteiger partial charge in [0.2, 0.25) is 0 Å². The molecule has 0 aliphatic heterocycles. The van der Waals surface area contributed by atoms with E-state index in [9.17, 15) is 4.79 Å². The first-order valence-electron chi connectivity index (χ1n) is 6.74. The SMILES string of the molecule is CCc1nn(C)c(CC(=O)c2ccc(C)c(C)c2)c1Cl. The summed E-state index contributed by atoms with van der Waals surface area (Å²) in [6.45, 7) is 6.05. The van der Waals surface area contributed by atoms with Crippen molar-refractivity contribution in [2.24, 2.45) is 7.05 Å². The second kappa shape index (κ2) is 5.80. The van der Waals surface area contributed by atoms with Gasteiger partial charge in [0.15, 0.2) is 5.78 Å². The van der Waals surface area contributed by atoms with Crippen molar-refractivity contribution < 1.29 is 4.79 Å². The van der Waals surface area contributed by atoms with Crippen molar-refractivity contribution in [2.45, 2.75) is 33.6 Å². The number of nitrogens with zero attached hydrogens (tertiary/aromatic N) is 2. The highest BCUT2D eigenvalue weighted by Gasteiger charge is 2.17. The summed E-state index contributed by atoms with van der Waals surface area (Å²) < 4.78 is 1.71. The Hall–Kier alpha value is -1.61. The van der Waals surface area contributed by atoms with Gasteiger partial charge in [-0.3, -0.25) is 9.48 Å². The molecule has 1 heterocycles. The van der Waals surface area contributed by atoms with E-state index in [1.165, 1.54) is 5.56 Å². The molecule has 0 N–H and O–H groups in total. The Kier molecular flexibility index (Phi) is 4.29. The van der Waals surface area contributed by atoms with Crippen LogP contribution in [-0.4, -0.2) is 15.6 Å². The van der Waals surface area contributed by atoms with Crippen LogP contribution in [0.2, 0.25) is 5.02 Å². The molecule has 4 heteroatoms. The van der Waals surface area contributed by atoms with E-state index in [4.69, 9.17) is 11.6 Å². The Bertz CT molecular complexity index is 659. The van der Waals surface area contributed by atoms with Crippen molar-refractivity contribution >= 4 is 17.4 Å². The van der Waals surface area contributed by atoms with Gasteiger partial charge in [-0.1, -0.05) is 30.7 Å². The Morgan fingerprint density at radius 3 is 2.55 bits per heavy atom. The highest BCUT2D eigenvalue weighted by molar-refractivity contribution is 6.32. The van der Waals surface area contributed by atoms with Crippen molar-refractivity contribution in [3.8, 4) is 0 Å². The van der Waals surface area contributed by atoms with Gasteiger partial charge in [0, 0.05) is 12.6 Å². The van der Waals surface area contributed by atoms with Crippen LogP contribution in [0.4, 0.5) is 0 Å². The van der Waals surface area contributed by atoms with Gasteiger partial charge in [-0.15, -0.1) is 0 Å². The number of benzene rings is 1. The number of hydrogen-bond donors (Lipinski definition) is 0. The molecule has 1 aromatic carbocycles. The van der Waals surface area contributed by atoms with Crippen molar-refractivity contribution in [3.63, 3.8) is 0 Å². The fraction of sp³-hybridized carbons (Fsp3) is 0.375. The number of hydrogen-bond acceptors (Lipinski definition) is 2. The standard InChI is InChI=1S/C16H19ClN2O/c1-5-13-16(17)14(19(4)18-13)9-15(20)12-7-6-10(2)11(3)8-12/h6-8H,5,9H2,1-4H3. The van der Waals surface area contributed by atoms with E-state index in [-0.39, 0.29) is 12.2 Å². The first kappa shape index (κ1) is 14.8. The second-order valence-electron chi connectivity index (χ2n) is 5.08. The fourth-order valence-corrected chi connectivity index (χ4v) is 2.54.